The van der Waals surface area contributed by atoms with Gasteiger partial charge in [-0.3, -0.25) is 4.21 Å². The van der Waals surface area contributed by atoms with Crippen LogP contribution in [0.5, 0.6) is 0 Å². The highest BCUT2D eigenvalue weighted by atomic mass is 32.2. The highest BCUT2D eigenvalue weighted by Gasteiger charge is 2.27. The lowest BCUT2D eigenvalue weighted by Crippen LogP contribution is -2.19. The van der Waals surface area contributed by atoms with E-state index in [2.05, 4.69) is 4.74 Å². The molecule has 1 unspecified atom stereocenters. The number of ether oxygens (including phenoxy) is 1. The van der Waals surface area contributed by atoms with Crippen molar-refractivity contribution in [3.63, 3.8) is 0 Å². The first-order valence-electron chi connectivity index (χ1n) is 4.68. The summed E-state index contributed by atoms with van der Waals surface area (Å²) in [5, 5.41) is 0. The summed E-state index contributed by atoms with van der Waals surface area (Å²) in [4.78, 5) is 0.396. The molecular formula is C10H12F3NO2S. The molecule has 0 aliphatic rings. The van der Waals surface area contributed by atoms with Crippen LogP contribution in [0.4, 0.5) is 18.9 Å². The minimum Gasteiger partial charge on any atom is -0.399 e. The molecule has 1 aromatic carbocycles. The van der Waals surface area contributed by atoms with Crippen LogP contribution in [0.25, 0.3) is 0 Å². The highest BCUT2D eigenvalue weighted by Crippen LogP contribution is 2.18. The van der Waals surface area contributed by atoms with E-state index in [-0.39, 0.29) is 0 Å². The molecule has 17 heavy (non-hydrogen) atoms. The first kappa shape index (κ1) is 14.0. The van der Waals surface area contributed by atoms with Crippen LogP contribution in [0.15, 0.2) is 23.1 Å². The zero-order valence-electron chi connectivity index (χ0n) is 9.08. The molecule has 7 heteroatoms. The van der Waals surface area contributed by atoms with E-state index < -0.39 is 29.5 Å². The summed E-state index contributed by atoms with van der Waals surface area (Å²) in [5.41, 5.74) is 6.62. The standard InChI is InChI=1S/C10H12F3NO2S/c1-7-2-3-8(14)4-9(7)17(15)6-16-5-10(11,12)13/h2-4H,5-6,14H2,1H3. The van der Waals surface area contributed by atoms with Gasteiger partial charge in [-0.15, -0.1) is 0 Å². The quantitative estimate of drug-likeness (QED) is 0.851. The Balaban J connectivity index is 2.61. The average Bonchev–Trinajstić information content (AvgIpc) is 2.19. The zero-order chi connectivity index (χ0) is 13.1. The number of rotatable bonds is 4. The molecule has 1 rings (SSSR count). The molecule has 0 amide bonds. The molecule has 1 atom stereocenters. The van der Waals surface area contributed by atoms with Crippen molar-refractivity contribution in [2.24, 2.45) is 0 Å². The average molecular weight is 267 g/mol. The second-order valence-corrected chi connectivity index (χ2v) is 4.82. The predicted octanol–water partition coefficient (Wildman–Crippen LogP) is 2.22. The topological polar surface area (TPSA) is 52.3 Å². The van der Waals surface area contributed by atoms with E-state index in [4.69, 9.17) is 5.73 Å². The SMILES string of the molecule is Cc1ccc(N)cc1S(=O)COCC(F)(F)F. The first-order valence-corrected chi connectivity index (χ1v) is 6.00. The Kier molecular flexibility index (Phi) is 4.53. The molecule has 0 aliphatic heterocycles. The number of benzene rings is 1. The molecule has 2 N–H and O–H groups in total. The number of halogens is 3. The van der Waals surface area contributed by atoms with E-state index in [1.165, 1.54) is 6.07 Å². The van der Waals surface area contributed by atoms with Gasteiger partial charge in [-0.05, 0) is 24.6 Å². The van der Waals surface area contributed by atoms with Crippen molar-refractivity contribution in [2.75, 3.05) is 18.3 Å². The normalized spacial score (nSPS) is 13.6. The summed E-state index contributed by atoms with van der Waals surface area (Å²) in [5.74, 6) is -0.496. The van der Waals surface area contributed by atoms with Crippen LogP contribution in [-0.4, -0.2) is 22.9 Å². The maximum absolute atomic E-state index is 11.8. The van der Waals surface area contributed by atoms with Crippen LogP contribution < -0.4 is 5.73 Å². The summed E-state index contributed by atoms with van der Waals surface area (Å²) in [7, 11) is -1.64. The van der Waals surface area contributed by atoms with Gasteiger partial charge in [0.25, 0.3) is 0 Å². The van der Waals surface area contributed by atoms with Gasteiger partial charge in [-0.1, -0.05) is 6.07 Å². The van der Waals surface area contributed by atoms with Gasteiger partial charge in [-0.2, -0.15) is 13.2 Å². The van der Waals surface area contributed by atoms with Crippen LogP contribution in [0.2, 0.25) is 0 Å². The fraction of sp³-hybridized carbons (Fsp3) is 0.400. The Morgan fingerprint density at radius 3 is 2.65 bits per heavy atom. The molecular weight excluding hydrogens is 255 g/mol. The second-order valence-electron chi connectivity index (χ2n) is 3.45. The Labute approximate surface area is 99.2 Å². The third kappa shape index (κ3) is 4.74. The summed E-state index contributed by atoms with van der Waals surface area (Å²) in [6.45, 7) is 0.302. The molecule has 1 aromatic rings. The number of aryl methyl sites for hydroxylation is 1. The van der Waals surface area contributed by atoms with E-state index >= 15 is 0 Å². The zero-order valence-corrected chi connectivity index (χ0v) is 9.90. The maximum Gasteiger partial charge on any atom is 0.411 e. The van der Waals surface area contributed by atoms with Crippen LogP contribution in [0, 0.1) is 6.92 Å². The second kappa shape index (κ2) is 5.50. The summed E-state index contributed by atoms with van der Waals surface area (Å²) in [6.07, 6.45) is -4.41. The Bertz CT molecular complexity index is 421. The number of nitrogens with two attached hydrogens (primary N) is 1. The minimum absolute atomic E-state index is 0.396. The number of hydrogen-bond acceptors (Lipinski definition) is 3. The van der Waals surface area contributed by atoms with Crippen molar-refractivity contribution in [3.8, 4) is 0 Å². The van der Waals surface area contributed by atoms with Gasteiger partial charge in [0.05, 0.1) is 10.8 Å². The van der Waals surface area contributed by atoms with Crippen molar-refractivity contribution in [1.82, 2.24) is 0 Å². The lowest BCUT2D eigenvalue weighted by Gasteiger charge is -2.09. The fourth-order valence-electron chi connectivity index (χ4n) is 1.16. The summed E-state index contributed by atoms with van der Waals surface area (Å²) >= 11 is 0. The van der Waals surface area contributed by atoms with Crippen LogP contribution in [0.3, 0.4) is 0 Å². The van der Waals surface area contributed by atoms with Crippen molar-refractivity contribution >= 4 is 16.5 Å². The van der Waals surface area contributed by atoms with Gasteiger partial charge >= 0.3 is 6.18 Å². The molecule has 0 saturated heterocycles. The molecule has 0 aromatic heterocycles. The molecule has 0 bridgehead atoms. The molecule has 0 saturated carbocycles. The van der Waals surface area contributed by atoms with Gasteiger partial charge in [0.15, 0.2) is 0 Å². The Morgan fingerprint density at radius 2 is 2.06 bits per heavy atom. The Morgan fingerprint density at radius 1 is 1.41 bits per heavy atom. The predicted molar refractivity (Wildman–Crippen MR) is 58.9 cm³/mol. The fourth-order valence-corrected chi connectivity index (χ4v) is 2.21. The molecule has 96 valence electrons. The molecule has 3 nitrogen and oxygen atoms in total. The number of nitrogen functional groups attached to an aromatic ring is 1. The van der Waals surface area contributed by atoms with E-state index in [1.54, 1.807) is 19.1 Å². The molecule has 0 heterocycles. The van der Waals surface area contributed by atoms with Crippen LogP contribution >= 0.6 is 0 Å². The van der Waals surface area contributed by atoms with Gasteiger partial charge < -0.3 is 10.5 Å². The van der Waals surface area contributed by atoms with Crippen molar-refractivity contribution < 1.29 is 22.1 Å². The van der Waals surface area contributed by atoms with Gasteiger partial charge in [0, 0.05) is 10.6 Å². The Hall–Kier alpha value is -1.08. The molecule has 0 fully saturated rings. The van der Waals surface area contributed by atoms with Gasteiger partial charge in [0.2, 0.25) is 0 Å². The number of hydrogen-bond donors (Lipinski definition) is 1. The smallest absolute Gasteiger partial charge is 0.399 e. The summed E-state index contributed by atoms with van der Waals surface area (Å²) in [6, 6.07) is 4.77. The van der Waals surface area contributed by atoms with Crippen molar-refractivity contribution in [2.45, 2.75) is 18.0 Å². The maximum atomic E-state index is 11.8. The monoisotopic (exact) mass is 267 g/mol. The third-order valence-corrected chi connectivity index (χ3v) is 3.22. The lowest BCUT2D eigenvalue weighted by molar-refractivity contribution is -0.169. The van der Waals surface area contributed by atoms with Crippen LogP contribution in [-0.2, 0) is 15.5 Å². The minimum atomic E-state index is -4.41. The number of anilines is 1. The van der Waals surface area contributed by atoms with E-state index in [0.717, 1.165) is 0 Å². The number of alkyl halides is 3. The third-order valence-electron chi connectivity index (χ3n) is 1.91. The molecule has 0 spiro atoms. The van der Waals surface area contributed by atoms with E-state index in [1.807, 2.05) is 0 Å². The van der Waals surface area contributed by atoms with Crippen LogP contribution in [0.1, 0.15) is 5.56 Å². The van der Waals surface area contributed by atoms with Crippen molar-refractivity contribution in [3.05, 3.63) is 23.8 Å². The van der Waals surface area contributed by atoms with E-state index in [9.17, 15) is 17.4 Å². The highest BCUT2D eigenvalue weighted by molar-refractivity contribution is 7.85. The van der Waals surface area contributed by atoms with E-state index in [0.29, 0.717) is 16.1 Å². The molecule has 0 aliphatic carbocycles. The van der Waals surface area contributed by atoms with Gasteiger partial charge in [-0.25, -0.2) is 0 Å². The van der Waals surface area contributed by atoms with Crippen molar-refractivity contribution in [1.29, 1.82) is 0 Å². The first-order chi connectivity index (χ1) is 7.79. The summed E-state index contributed by atoms with van der Waals surface area (Å²) < 4.78 is 51.4. The largest absolute Gasteiger partial charge is 0.411 e. The molecule has 0 radical (unpaired) electrons. The van der Waals surface area contributed by atoms with Gasteiger partial charge in [0.1, 0.15) is 12.5 Å². The lowest BCUT2D eigenvalue weighted by atomic mass is 10.2.